The van der Waals surface area contributed by atoms with Crippen LogP contribution in [0.5, 0.6) is 0 Å². The number of hydrogen-bond donors (Lipinski definition) is 2. The van der Waals surface area contributed by atoms with Crippen LogP contribution in [0.25, 0.3) is 0 Å². The highest BCUT2D eigenvalue weighted by atomic mass is 35.5. The van der Waals surface area contributed by atoms with Gasteiger partial charge in [0.15, 0.2) is 0 Å². The van der Waals surface area contributed by atoms with Gasteiger partial charge in [-0.2, -0.15) is 0 Å². The lowest BCUT2D eigenvalue weighted by atomic mass is 9.99. The lowest BCUT2D eigenvalue weighted by Crippen LogP contribution is -2.44. The van der Waals surface area contributed by atoms with E-state index in [2.05, 4.69) is 10.0 Å². The number of nitrogens with zero attached hydrogens (tertiary/aromatic N) is 1. The van der Waals surface area contributed by atoms with Crippen molar-refractivity contribution in [2.24, 2.45) is 5.92 Å². The Morgan fingerprint density at radius 3 is 2.39 bits per heavy atom. The first-order valence-corrected chi connectivity index (χ1v) is 15.7. The molecule has 1 atom stereocenters. The third-order valence-corrected chi connectivity index (χ3v) is 10.1. The van der Waals surface area contributed by atoms with Crippen molar-refractivity contribution in [3.8, 4) is 0 Å². The third-order valence-electron chi connectivity index (χ3n) is 6.32. The lowest BCUT2D eigenvalue weighted by Gasteiger charge is -2.31. The molecule has 1 aliphatic rings. The predicted octanol–water partition coefficient (Wildman–Crippen LogP) is 5.28. The van der Waals surface area contributed by atoms with Gasteiger partial charge in [0.2, 0.25) is 15.9 Å². The van der Waals surface area contributed by atoms with Crippen LogP contribution < -0.4 is 10.0 Å². The van der Waals surface area contributed by atoms with Gasteiger partial charge >= 0.3 is 0 Å². The zero-order chi connectivity index (χ0) is 27.5. The van der Waals surface area contributed by atoms with E-state index < -0.39 is 26.0 Å². The Hall–Kier alpha value is -2.63. The van der Waals surface area contributed by atoms with Crippen LogP contribution in [0.2, 0.25) is 10.0 Å². The number of halogens is 2. The van der Waals surface area contributed by atoms with Crippen molar-refractivity contribution >= 4 is 60.5 Å². The number of para-hydroxylation sites is 1. The van der Waals surface area contributed by atoms with Gasteiger partial charge in [0, 0.05) is 28.8 Å². The molecule has 0 spiro atoms. The molecule has 1 aliphatic heterocycles. The Balaban J connectivity index is 1.39. The highest BCUT2D eigenvalue weighted by molar-refractivity contribution is 7.92. The Kier molecular flexibility index (Phi) is 8.68. The number of rotatable bonds is 8. The standard InChI is InChI=1S/C26H27Cl2N3O5S2/c1-18-5-2-3-7-25(18)30-38(35,36)23-12-10-22(11-13-23)29-26(32)19-6-4-14-31(16-19)37(33,34)17-20-8-9-21(27)15-24(20)28/h2-3,5,7-13,15,19,30H,4,6,14,16-17H2,1H3,(H,29,32). The van der Waals surface area contributed by atoms with E-state index >= 15 is 0 Å². The Bertz CT molecular complexity index is 1550. The van der Waals surface area contributed by atoms with Crippen LogP contribution in [0.3, 0.4) is 0 Å². The van der Waals surface area contributed by atoms with E-state index in [1.54, 1.807) is 37.3 Å². The minimum absolute atomic E-state index is 0.0478. The molecule has 1 heterocycles. The molecule has 2 N–H and O–H groups in total. The maximum absolute atomic E-state index is 13.0. The highest BCUT2D eigenvalue weighted by Gasteiger charge is 2.33. The quantitative estimate of drug-likeness (QED) is 0.367. The smallest absolute Gasteiger partial charge is 0.261 e. The molecule has 1 fully saturated rings. The Morgan fingerprint density at radius 1 is 1.00 bits per heavy atom. The van der Waals surface area contributed by atoms with Gasteiger partial charge in [0.25, 0.3) is 10.0 Å². The average Bonchev–Trinajstić information content (AvgIpc) is 2.87. The van der Waals surface area contributed by atoms with Gasteiger partial charge in [0.1, 0.15) is 0 Å². The fraction of sp³-hybridized carbons (Fsp3) is 0.269. The molecule has 12 heteroatoms. The molecular formula is C26H27Cl2N3O5S2. The van der Waals surface area contributed by atoms with Crippen LogP contribution in [0.15, 0.2) is 71.6 Å². The molecular weight excluding hydrogens is 569 g/mol. The second-order valence-corrected chi connectivity index (χ2v) is 13.6. The number of piperidine rings is 1. The summed E-state index contributed by atoms with van der Waals surface area (Å²) in [5.41, 5.74) is 2.13. The Morgan fingerprint density at radius 2 is 1.71 bits per heavy atom. The molecule has 1 saturated heterocycles. The molecule has 0 radical (unpaired) electrons. The molecule has 0 saturated carbocycles. The molecule has 0 bridgehead atoms. The SMILES string of the molecule is Cc1ccccc1NS(=O)(=O)c1ccc(NC(=O)C2CCCN(S(=O)(=O)Cc3ccc(Cl)cc3Cl)C2)cc1. The topological polar surface area (TPSA) is 113 Å². The zero-order valence-corrected chi connectivity index (χ0v) is 23.7. The van der Waals surface area contributed by atoms with Gasteiger partial charge in [-0.25, -0.2) is 21.1 Å². The van der Waals surface area contributed by atoms with Crippen LogP contribution in [0.1, 0.15) is 24.0 Å². The van der Waals surface area contributed by atoms with Crippen LogP contribution in [-0.2, 0) is 30.6 Å². The number of benzene rings is 3. The summed E-state index contributed by atoms with van der Waals surface area (Å²) in [6.45, 7) is 2.17. The average molecular weight is 597 g/mol. The number of carbonyl (C=O) groups excluding carboxylic acids is 1. The van der Waals surface area contributed by atoms with Crippen LogP contribution >= 0.6 is 23.2 Å². The maximum atomic E-state index is 13.0. The molecule has 1 unspecified atom stereocenters. The summed E-state index contributed by atoms with van der Waals surface area (Å²) in [6.07, 6.45) is 1.07. The monoisotopic (exact) mass is 595 g/mol. The van der Waals surface area contributed by atoms with Crippen molar-refractivity contribution < 1.29 is 21.6 Å². The zero-order valence-electron chi connectivity index (χ0n) is 20.5. The van der Waals surface area contributed by atoms with Crippen LogP contribution in [-0.4, -0.2) is 40.1 Å². The number of hydrogen-bond acceptors (Lipinski definition) is 5. The van der Waals surface area contributed by atoms with Crippen molar-refractivity contribution in [1.82, 2.24) is 4.31 Å². The number of carbonyl (C=O) groups is 1. The number of nitrogens with one attached hydrogen (secondary N) is 2. The lowest BCUT2D eigenvalue weighted by molar-refractivity contribution is -0.120. The summed E-state index contributed by atoms with van der Waals surface area (Å²) in [6, 6.07) is 17.5. The van der Waals surface area contributed by atoms with Crippen LogP contribution in [0.4, 0.5) is 11.4 Å². The van der Waals surface area contributed by atoms with Crippen molar-refractivity contribution in [2.45, 2.75) is 30.4 Å². The molecule has 1 amide bonds. The first-order chi connectivity index (χ1) is 17.9. The van der Waals surface area contributed by atoms with E-state index in [4.69, 9.17) is 23.2 Å². The fourth-order valence-electron chi connectivity index (χ4n) is 4.19. The molecule has 0 aromatic heterocycles. The molecule has 8 nitrogen and oxygen atoms in total. The van der Waals surface area contributed by atoms with Crippen molar-refractivity contribution in [3.63, 3.8) is 0 Å². The van der Waals surface area contributed by atoms with Crippen molar-refractivity contribution in [3.05, 3.63) is 87.9 Å². The highest BCUT2D eigenvalue weighted by Crippen LogP contribution is 2.27. The summed E-state index contributed by atoms with van der Waals surface area (Å²) in [5, 5.41) is 3.46. The van der Waals surface area contributed by atoms with E-state index in [9.17, 15) is 21.6 Å². The van der Waals surface area contributed by atoms with E-state index in [-0.39, 0.29) is 28.1 Å². The summed E-state index contributed by atoms with van der Waals surface area (Å²) in [4.78, 5) is 13.0. The minimum Gasteiger partial charge on any atom is -0.326 e. The van der Waals surface area contributed by atoms with Crippen molar-refractivity contribution in [2.75, 3.05) is 23.1 Å². The van der Waals surface area contributed by atoms with Crippen LogP contribution in [0, 0.1) is 12.8 Å². The summed E-state index contributed by atoms with van der Waals surface area (Å²) >= 11 is 12.1. The van der Waals surface area contributed by atoms with E-state index in [0.717, 1.165) is 5.56 Å². The van der Waals surface area contributed by atoms with E-state index in [0.29, 0.717) is 41.3 Å². The first-order valence-electron chi connectivity index (χ1n) is 11.9. The third kappa shape index (κ3) is 6.86. The van der Waals surface area contributed by atoms with Gasteiger partial charge in [-0.05, 0) is 73.4 Å². The Labute approximate surface area is 233 Å². The molecule has 3 aromatic rings. The van der Waals surface area contributed by atoms with Gasteiger partial charge in [-0.15, -0.1) is 0 Å². The van der Waals surface area contributed by atoms with E-state index in [1.165, 1.54) is 34.6 Å². The number of anilines is 2. The predicted molar refractivity (Wildman–Crippen MR) is 150 cm³/mol. The number of aryl methyl sites for hydroxylation is 1. The summed E-state index contributed by atoms with van der Waals surface area (Å²) in [5.74, 6) is -1.17. The first kappa shape index (κ1) is 28.4. The second-order valence-electron chi connectivity index (χ2n) is 9.12. The molecule has 4 rings (SSSR count). The molecule has 202 valence electrons. The minimum atomic E-state index is -3.81. The number of amides is 1. The summed E-state index contributed by atoms with van der Waals surface area (Å²) in [7, 11) is -7.52. The van der Waals surface area contributed by atoms with Crippen molar-refractivity contribution in [1.29, 1.82) is 0 Å². The van der Waals surface area contributed by atoms with Gasteiger partial charge in [-0.3, -0.25) is 9.52 Å². The van der Waals surface area contributed by atoms with Gasteiger partial charge < -0.3 is 5.32 Å². The fourth-order valence-corrected chi connectivity index (χ4v) is 7.52. The van der Waals surface area contributed by atoms with Gasteiger partial charge in [0.05, 0.1) is 22.3 Å². The molecule has 3 aromatic carbocycles. The maximum Gasteiger partial charge on any atom is 0.261 e. The van der Waals surface area contributed by atoms with Gasteiger partial charge in [-0.1, -0.05) is 47.5 Å². The molecule has 38 heavy (non-hydrogen) atoms. The summed E-state index contributed by atoms with van der Waals surface area (Å²) < 4.78 is 55.5. The number of sulfonamides is 2. The molecule has 0 aliphatic carbocycles. The van der Waals surface area contributed by atoms with E-state index in [1.807, 2.05) is 6.07 Å². The largest absolute Gasteiger partial charge is 0.326 e. The second kappa shape index (κ2) is 11.6. The normalized spacial score (nSPS) is 16.7.